The van der Waals surface area contributed by atoms with Crippen LogP contribution < -0.4 is 0 Å². The lowest BCUT2D eigenvalue weighted by molar-refractivity contribution is 0.132. The fourth-order valence-corrected chi connectivity index (χ4v) is 1.85. The molecule has 0 aliphatic heterocycles. The highest BCUT2D eigenvalue weighted by atomic mass is 14.9. The van der Waals surface area contributed by atoms with E-state index in [1.165, 1.54) is 25.8 Å². The Balaban J connectivity index is 2.00. The minimum atomic E-state index is 0.610. The van der Waals surface area contributed by atoms with Gasteiger partial charge in [-0.25, -0.2) is 0 Å². The SMILES string of the molecule is CC1(Cn2cccc2)CCC1. The zero-order valence-electron chi connectivity index (χ0n) is 7.09. The van der Waals surface area contributed by atoms with Gasteiger partial charge in [0.15, 0.2) is 0 Å². The molecule has 1 aliphatic carbocycles. The van der Waals surface area contributed by atoms with Crippen LogP contribution in [-0.4, -0.2) is 4.57 Å². The van der Waals surface area contributed by atoms with Gasteiger partial charge in [-0.3, -0.25) is 0 Å². The van der Waals surface area contributed by atoms with Crippen LogP contribution in [0.1, 0.15) is 26.2 Å². The second-order valence-corrected chi connectivity index (χ2v) is 4.02. The Morgan fingerprint density at radius 1 is 1.27 bits per heavy atom. The summed E-state index contributed by atoms with van der Waals surface area (Å²) in [6.45, 7) is 3.59. The van der Waals surface area contributed by atoms with Gasteiger partial charge >= 0.3 is 0 Å². The van der Waals surface area contributed by atoms with Crippen LogP contribution in [0.2, 0.25) is 0 Å². The molecule has 0 spiro atoms. The van der Waals surface area contributed by atoms with Crippen molar-refractivity contribution in [1.29, 1.82) is 0 Å². The Labute approximate surface area is 68.0 Å². The van der Waals surface area contributed by atoms with Crippen LogP contribution in [0.4, 0.5) is 0 Å². The van der Waals surface area contributed by atoms with Crippen molar-refractivity contribution in [1.82, 2.24) is 4.57 Å². The normalized spacial score (nSPS) is 21.2. The molecule has 1 heterocycles. The fourth-order valence-electron chi connectivity index (χ4n) is 1.85. The van der Waals surface area contributed by atoms with Gasteiger partial charge in [-0.2, -0.15) is 0 Å². The molecule has 1 aromatic heterocycles. The smallest absolute Gasteiger partial charge is 0.0273 e. The van der Waals surface area contributed by atoms with E-state index in [9.17, 15) is 0 Å². The third-order valence-electron chi connectivity index (χ3n) is 2.79. The largest absolute Gasteiger partial charge is 0.354 e. The van der Waals surface area contributed by atoms with Crippen molar-refractivity contribution >= 4 is 0 Å². The van der Waals surface area contributed by atoms with Crippen LogP contribution in [-0.2, 0) is 6.54 Å². The van der Waals surface area contributed by atoms with Crippen molar-refractivity contribution in [2.45, 2.75) is 32.7 Å². The predicted molar refractivity (Wildman–Crippen MR) is 46.4 cm³/mol. The van der Waals surface area contributed by atoms with Gasteiger partial charge in [-0.15, -0.1) is 0 Å². The van der Waals surface area contributed by atoms with Crippen LogP contribution in [0.15, 0.2) is 24.5 Å². The topological polar surface area (TPSA) is 4.93 Å². The van der Waals surface area contributed by atoms with E-state index in [0.717, 1.165) is 0 Å². The molecular formula is C10H15N. The summed E-state index contributed by atoms with van der Waals surface area (Å²) in [4.78, 5) is 0. The van der Waals surface area contributed by atoms with E-state index in [-0.39, 0.29) is 0 Å². The second kappa shape index (κ2) is 2.40. The van der Waals surface area contributed by atoms with Crippen molar-refractivity contribution in [2.24, 2.45) is 5.41 Å². The molecule has 0 aromatic carbocycles. The standard InChI is InChI=1S/C10H15N/c1-10(5-4-6-10)9-11-7-2-3-8-11/h2-3,7-8H,4-6,9H2,1H3. The van der Waals surface area contributed by atoms with Gasteiger partial charge in [0, 0.05) is 18.9 Å². The summed E-state index contributed by atoms with van der Waals surface area (Å²) in [5.74, 6) is 0. The predicted octanol–water partition coefficient (Wildman–Crippen LogP) is 2.68. The highest BCUT2D eigenvalue weighted by Gasteiger charge is 2.31. The van der Waals surface area contributed by atoms with E-state index in [1.54, 1.807) is 0 Å². The maximum Gasteiger partial charge on any atom is 0.0273 e. The molecule has 1 fully saturated rings. The minimum Gasteiger partial charge on any atom is -0.354 e. The summed E-state index contributed by atoms with van der Waals surface area (Å²) < 4.78 is 2.29. The van der Waals surface area contributed by atoms with Gasteiger partial charge < -0.3 is 4.57 Å². The summed E-state index contributed by atoms with van der Waals surface area (Å²) in [5, 5.41) is 0. The van der Waals surface area contributed by atoms with E-state index in [2.05, 4.69) is 36.0 Å². The molecule has 0 saturated heterocycles. The quantitative estimate of drug-likeness (QED) is 0.609. The Morgan fingerprint density at radius 3 is 2.36 bits per heavy atom. The van der Waals surface area contributed by atoms with E-state index in [1.807, 2.05) is 0 Å². The average molecular weight is 149 g/mol. The summed E-state index contributed by atoms with van der Waals surface area (Å²) in [6, 6.07) is 4.20. The number of nitrogens with zero attached hydrogens (tertiary/aromatic N) is 1. The van der Waals surface area contributed by atoms with Crippen LogP contribution in [0.25, 0.3) is 0 Å². The molecule has 60 valence electrons. The number of aromatic nitrogens is 1. The molecule has 1 aromatic rings. The van der Waals surface area contributed by atoms with Crippen molar-refractivity contribution in [3.8, 4) is 0 Å². The lowest BCUT2D eigenvalue weighted by atomic mass is 9.70. The highest BCUT2D eigenvalue weighted by Crippen LogP contribution is 2.41. The molecule has 0 atom stereocenters. The van der Waals surface area contributed by atoms with E-state index in [4.69, 9.17) is 0 Å². The van der Waals surface area contributed by atoms with Crippen molar-refractivity contribution in [3.05, 3.63) is 24.5 Å². The van der Waals surface area contributed by atoms with Gasteiger partial charge in [0.1, 0.15) is 0 Å². The molecule has 0 N–H and O–H groups in total. The van der Waals surface area contributed by atoms with E-state index >= 15 is 0 Å². The van der Waals surface area contributed by atoms with Gasteiger partial charge in [-0.1, -0.05) is 13.3 Å². The highest BCUT2D eigenvalue weighted by molar-refractivity contribution is 4.93. The van der Waals surface area contributed by atoms with Crippen LogP contribution in [0, 0.1) is 5.41 Å². The van der Waals surface area contributed by atoms with Gasteiger partial charge in [0.25, 0.3) is 0 Å². The molecule has 0 bridgehead atoms. The maximum atomic E-state index is 2.39. The van der Waals surface area contributed by atoms with Crippen LogP contribution in [0.5, 0.6) is 0 Å². The Morgan fingerprint density at radius 2 is 1.91 bits per heavy atom. The average Bonchev–Trinajstić information content (AvgIpc) is 2.36. The molecule has 11 heavy (non-hydrogen) atoms. The third kappa shape index (κ3) is 1.32. The summed E-state index contributed by atoms with van der Waals surface area (Å²) in [5.41, 5.74) is 0.610. The summed E-state index contributed by atoms with van der Waals surface area (Å²) in [6.07, 6.45) is 8.56. The van der Waals surface area contributed by atoms with Crippen molar-refractivity contribution < 1.29 is 0 Å². The first-order chi connectivity index (χ1) is 5.29. The zero-order valence-corrected chi connectivity index (χ0v) is 7.09. The maximum absolute atomic E-state index is 2.39. The molecule has 1 nitrogen and oxygen atoms in total. The molecular weight excluding hydrogens is 134 g/mol. The van der Waals surface area contributed by atoms with E-state index < -0.39 is 0 Å². The van der Waals surface area contributed by atoms with Gasteiger partial charge in [-0.05, 0) is 30.4 Å². The first-order valence-corrected chi connectivity index (χ1v) is 4.39. The minimum absolute atomic E-state index is 0.610. The first-order valence-electron chi connectivity index (χ1n) is 4.39. The number of hydrogen-bond donors (Lipinski definition) is 0. The number of hydrogen-bond acceptors (Lipinski definition) is 0. The molecule has 1 aliphatic rings. The fraction of sp³-hybridized carbons (Fsp3) is 0.600. The zero-order chi connectivity index (χ0) is 7.73. The molecule has 0 unspecified atom stereocenters. The first kappa shape index (κ1) is 6.96. The Bertz CT molecular complexity index is 219. The summed E-state index contributed by atoms with van der Waals surface area (Å²) >= 11 is 0. The van der Waals surface area contributed by atoms with Crippen LogP contribution >= 0.6 is 0 Å². The van der Waals surface area contributed by atoms with Crippen molar-refractivity contribution in [2.75, 3.05) is 0 Å². The monoisotopic (exact) mass is 149 g/mol. The van der Waals surface area contributed by atoms with E-state index in [0.29, 0.717) is 5.41 Å². The molecule has 1 saturated carbocycles. The lowest BCUT2D eigenvalue weighted by Gasteiger charge is -2.38. The third-order valence-corrected chi connectivity index (χ3v) is 2.79. The van der Waals surface area contributed by atoms with Gasteiger partial charge in [0.2, 0.25) is 0 Å². The lowest BCUT2D eigenvalue weighted by Crippen LogP contribution is -2.30. The summed E-state index contributed by atoms with van der Waals surface area (Å²) in [7, 11) is 0. The molecule has 1 heteroatoms. The Kier molecular flexibility index (Phi) is 1.52. The number of rotatable bonds is 2. The molecule has 0 radical (unpaired) electrons. The second-order valence-electron chi connectivity index (χ2n) is 4.02. The Hall–Kier alpha value is -0.720. The molecule has 0 amide bonds. The van der Waals surface area contributed by atoms with Crippen LogP contribution in [0.3, 0.4) is 0 Å². The molecule has 2 rings (SSSR count). The van der Waals surface area contributed by atoms with Crippen molar-refractivity contribution in [3.63, 3.8) is 0 Å². The van der Waals surface area contributed by atoms with Gasteiger partial charge in [0.05, 0.1) is 0 Å².